The van der Waals surface area contributed by atoms with Crippen LogP contribution in [-0.4, -0.2) is 18.5 Å². The minimum atomic E-state index is -0.0692. The summed E-state index contributed by atoms with van der Waals surface area (Å²) in [6.45, 7) is 6.73. The number of benzene rings is 1. The molecular formula is C14H22N2O. The molecule has 1 unspecified atom stereocenters. The molecule has 1 aromatic carbocycles. The number of hydrogen-bond donors (Lipinski definition) is 1. The average Bonchev–Trinajstić information content (AvgIpc) is 2.31. The summed E-state index contributed by atoms with van der Waals surface area (Å²) in [4.78, 5) is 13.9. The van der Waals surface area contributed by atoms with E-state index in [1.54, 1.807) is 4.90 Å². The minimum absolute atomic E-state index is 0.0692. The smallest absolute Gasteiger partial charge is 0.228 e. The zero-order valence-corrected chi connectivity index (χ0v) is 10.9. The molecule has 2 N–H and O–H groups in total. The van der Waals surface area contributed by atoms with Gasteiger partial charge in [-0.3, -0.25) is 4.79 Å². The molecule has 1 rings (SSSR count). The molecule has 0 aliphatic heterocycles. The molecule has 0 radical (unpaired) electrons. The van der Waals surface area contributed by atoms with Gasteiger partial charge in [0.1, 0.15) is 0 Å². The van der Waals surface area contributed by atoms with E-state index in [1.807, 2.05) is 51.1 Å². The van der Waals surface area contributed by atoms with Gasteiger partial charge in [-0.05, 0) is 25.0 Å². The molecule has 0 bridgehead atoms. The van der Waals surface area contributed by atoms with Crippen molar-refractivity contribution < 1.29 is 4.79 Å². The third kappa shape index (κ3) is 3.86. The van der Waals surface area contributed by atoms with E-state index in [4.69, 9.17) is 5.73 Å². The third-order valence-electron chi connectivity index (χ3n) is 2.95. The number of nitrogens with zero attached hydrogens (tertiary/aromatic N) is 1. The van der Waals surface area contributed by atoms with E-state index in [0.29, 0.717) is 18.9 Å². The van der Waals surface area contributed by atoms with Crippen molar-refractivity contribution in [3.8, 4) is 0 Å². The fourth-order valence-electron chi connectivity index (χ4n) is 1.66. The van der Waals surface area contributed by atoms with E-state index in [9.17, 15) is 4.79 Å². The van der Waals surface area contributed by atoms with Crippen LogP contribution in [-0.2, 0) is 4.79 Å². The van der Waals surface area contributed by atoms with Gasteiger partial charge < -0.3 is 10.6 Å². The van der Waals surface area contributed by atoms with Crippen molar-refractivity contribution in [1.82, 2.24) is 0 Å². The lowest BCUT2D eigenvalue weighted by Gasteiger charge is -2.24. The number of rotatable bonds is 5. The molecule has 3 heteroatoms. The Kier molecular flexibility index (Phi) is 5.16. The molecule has 0 aliphatic carbocycles. The number of anilines is 1. The molecule has 0 saturated carbocycles. The molecule has 1 aromatic rings. The van der Waals surface area contributed by atoms with Gasteiger partial charge in [-0.2, -0.15) is 0 Å². The molecule has 0 saturated heterocycles. The van der Waals surface area contributed by atoms with E-state index in [0.717, 1.165) is 5.69 Å². The van der Waals surface area contributed by atoms with Crippen molar-refractivity contribution in [3.63, 3.8) is 0 Å². The highest BCUT2D eigenvalue weighted by Crippen LogP contribution is 2.15. The maximum Gasteiger partial charge on any atom is 0.228 e. The van der Waals surface area contributed by atoms with E-state index < -0.39 is 0 Å². The molecular weight excluding hydrogens is 212 g/mol. The van der Waals surface area contributed by atoms with Gasteiger partial charge in [-0.1, -0.05) is 32.0 Å². The zero-order valence-electron chi connectivity index (χ0n) is 10.9. The van der Waals surface area contributed by atoms with Gasteiger partial charge in [0, 0.05) is 24.7 Å². The first kappa shape index (κ1) is 13.7. The monoisotopic (exact) mass is 234 g/mol. The molecule has 94 valence electrons. The topological polar surface area (TPSA) is 46.3 Å². The second kappa shape index (κ2) is 6.40. The normalized spacial score (nSPS) is 12.5. The molecule has 1 amide bonds. The number of carbonyl (C=O) groups excluding carboxylic acids is 1. The zero-order chi connectivity index (χ0) is 12.8. The van der Waals surface area contributed by atoms with Gasteiger partial charge >= 0.3 is 0 Å². The Labute approximate surface area is 104 Å². The van der Waals surface area contributed by atoms with Gasteiger partial charge in [0.15, 0.2) is 0 Å². The largest absolute Gasteiger partial charge is 0.327 e. The number of para-hydroxylation sites is 1. The molecule has 0 heterocycles. The first-order chi connectivity index (χ1) is 8.06. The van der Waals surface area contributed by atoms with Gasteiger partial charge in [0.2, 0.25) is 5.91 Å². The highest BCUT2D eigenvalue weighted by Gasteiger charge is 2.18. The van der Waals surface area contributed by atoms with Gasteiger partial charge in [0.25, 0.3) is 0 Å². The van der Waals surface area contributed by atoms with Crippen LogP contribution in [0.1, 0.15) is 27.2 Å². The Balaban J connectivity index is 2.72. The van der Waals surface area contributed by atoms with Crippen molar-refractivity contribution in [2.45, 2.75) is 33.2 Å². The summed E-state index contributed by atoms with van der Waals surface area (Å²) in [5.74, 6) is 0.424. The lowest BCUT2D eigenvalue weighted by molar-refractivity contribution is -0.119. The van der Waals surface area contributed by atoms with Crippen LogP contribution < -0.4 is 10.6 Å². The Morgan fingerprint density at radius 3 is 2.35 bits per heavy atom. The lowest BCUT2D eigenvalue weighted by atomic mass is 10.0. The predicted octanol–water partition coefficient (Wildman–Crippen LogP) is 2.41. The average molecular weight is 234 g/mol. The van der Waals surface area contributed by atoms with E-state index in [-0.39, 0.29) is 11.9 Å². The first-order valence-electron chi connectivity index (χ1n) is 6.17. The van der Waals surface area contributed by atoms with Crippen molar-refractivity contribution in [1.29, 1.82) is 0 Å². The standard InChI is InChI=1S/C14H22N2O/c1-4-16(12-8-6-5-7-9-12)14(17)10-13(15)11(2)3/h5-9,11,13H,4,10,15H2,1-3H3. The maximum absolute atomic E-state index is 12.1. The van der Waals surface area contributed by atoms with Crippen LogP contribution in [0.2, 0.25) is 0 Å². The fraction of sp³-hybridized carbons (Fsp3) is 0.500. The SMILES string of the molecule is CCN(C(=O)CC(N)C(C)C)c1ccccc1. The van der Waals surface area contributed by atoms with Gasteiger partial charge in [-0.15, -0.1) is 0 Å². The second-order valence-corrected chi connectivity index (χ2v) is 4.59. The van der Waals surface area contributed by atoms with Gasteiger partial charge in [0.05, 0.1) is 0 Å². The molecule has 0 spiro atoms. The van der Waals surface area contributed by atoms with Crippen molar-refractivity contribution >= 4 is 11.6 Å². The van der Waals surface area contributed by atoms with Crippen LogP contribution in [0, 0.1) is 5.92 Å². The summed E-state index contributed by atoms with van der Waals surface area (Å²) in [6, 6.07) is 9.65. The number of carbonyl (C=O) groups is 1. The molecule has 3 nitrogen and oxygen atoms in total. The van der Waals surface area contributed by atoms with Crippen LogP contribution in [0.5, 0.6) is 0 Å². The highest BCUT2D eigenvalue weighted by atomic mass is 16.2. The Hall–Kier alpha value is -1.35. The number of hydrogen-bond acceptors (Lipinski definition) is 2. The lowest BCUT2D eigenvalue weighted by Crippen LogP contribution is -2.37. The van der Waals surface area contributed by atoms with Crippen LogP contribution >= 0.6 is 0 Å². The molecule has 0 fully saturated rings. The van der Waals surface area contributed by atoms with Crippen molar-refractivity contribution in [3.05, 3.63) is 30.3 Å². The maximum atomic E-state index is 12.1. The Bertz CT molecular complexity index is 348. The van der Waals surface area contributed by atoms with Crippen LogP contribution in [0.25, 0.3) is 0 Å². The summed E-state index contributed by atoms with van der Waals surface area (Å²) in [7, 11) is 0. The van der Waals surface area contributed by atoms with E-state index in [1.165, 1.54) is 0 Å². The van der Waals surface area contributed by atoms with Crippen molar-refractivity contribution in [2.75, 3.05) is 11.4 Å². The molecule has 17 heavy (non-hydrogen) atoms. The fourth-order valence-corrected chi connectivity index (χ4v) is 1.66. The summed E-state index contributed by atoms with van der Waals surface area (Å²) in [6.07, 6.45) is 0.403. The second-order valence-electron chi connectivity index (χ2n) is 4.59. The first-order valence-corrected chi connectivity index (χ1v) is 6.17. The number of amides is 1. The summed E-state index contributed by atoms with van der Waals surface area (Å²) < 4.78 is 0. The third-order valence-corrected chi connectivity index (χ3v) is 2.95. The highest BCUT2D eigenvalue weighted by molar-refractivity contribution is 5.93. The molecule has 0 aromatic heterocycles. The van der Waals surface area contributed by atoms with Crippen LogP contribution in [0.3, 0.4) is 0 Å². The van der Waals surface area contributed by atoms with Crippen molar-refractivity contribution in [2.24, 2.45) is 11.7 Å². The number of nitrogens with two attached hydrogens (primary N) is 1. The molecule has 0 aliphatic rings. The minimum Gasteiger partial charge on any atom is -0.327 e. The van der Waals surface area contributed by atoms with E-state index in [2.05, 4.69) is 0 Å². The summed E-state index contributed by atoms with van der Waals surface area (Å²) in [5, 5.41) is 0. The van der Waals surface area contributed by atoms with Crippen LogP contribution in [0.4, 0.5) is 5.69 Å². The van der Waals surface area contributed by atoms with Crippen LogP contribution in [0.15, 0.2) is 30.3 Å². The molecule has 1 atom stereocenters. The summed E-state index contributed by atoms with van der Waals surface area (Å²) >= 11 is 0. The Morgan fingerprint density at radius 1 is 1.29 bits per heavy atom. The quantitative estimate of drug-likeness (QED) is 0.850. The summed E-state index contributed by atoms with van der Waals surface area (Å²) in [5.41, 5.74) is 6.88. The Morgan fingerprint density at radius 2 is 1.88 bits per heavy atom. The van der Waals surface area contributed by atoms with E-state index >= 15 is 0 Å². The predicted molar refractivity (Wildman–Crippen MR) is 71.9 cm³/mol. The van der Waals surface area contributed by atoms with Gasteiger partial charge in [-0.25, -0.2) is 0 Å².